The topological polar surface area (TPSA) is 44.4 Å². The third kappa shape index (κ3) is 2.95. The normalized spacial score (nSPS) is 25.4. The summed E-state index contributed by atoms with van der Waals surface area (Å²) in [5.74, 6) is 0.608. The summed E-state index contributed by atoms with van der Waals surface area (Å²) in [6.07, 6.45) is 0.957. The monoisotopic (exact) mass is 227 g/mol. The van der Waals surface area contributed by atoms with E-state index in [0.717, 1.165) is 32.6 Å². The van der Waals surface area contributed by atoms with Gasteiger partial charge in [-0.3, -0.25) is 4.79 Å². The van der Waals surface area contributed by atoms with Crippen LogP contribution >= 0.6 is 0 Å². The average Bonchev–Trinajstić information content (AvgIpc) is 2.66. The van der Waals surface area contributed by atoms with Crippen LogP contribution in [0.2, 0.25) is 0 Å². The van der Waals surface area contributed by atoms with Crippen LogP contribution in [0.1, 0.15) is 20.3 Å². The second-order valence-corrected chi connectivity index (χ2v) is 5.30. The van der Waals surface area contributed by atoms with Gasteiger partial charge >= 0.3 is 0 Å². The van der Waals surface area contributed by atoms with E-state index in [0.29, 0.717) is 5.92 Å². The minimum absolute atomic E-state index is 0.188. The molecule has 1 unspecified atom stereocenters. The van der Waals surface area contributed by atoms with Crippen LogP contribution in [-0.2, 0) is 4.79 Å². The van der Waals surface area contributed by atoms with E-state index in [2.05, 4.69) is 29.4 Å². The van der Waals surface area contributed by atoms with Gasteiger partial charge in [0.1, 0.15) is 0 Å². The zero-order chi connectivity index (χ0) is 12.2. The smallest absolute Gasteiger partial charge is 0.227 e. The summed E-state index contributed by atoms with van der Waals surface area (Å²) in [5.41, 5.74) is -0.188. The van der Waals surface area contributed by atoms with Crippen molar-refractivity contribution >= 4 is 5.91 Å². The van der Waals surface area contributed by atoms with Crippen LogP contribution in [-0.4, -0.2) is 51.1 Å². The summed E-state index contributed by atoms with van der Waals surface area (Å²) in [5, 5.41) is 6.36. The molecule has 1 atom stereocenters. The molecule has 1 rings (SSSR count). The van der Waals surface area contributed by atoms with E-state index < -0.39 is 0 Å². The molecule has 1 saturated heterocycles. The van der Waals surface area contributed by atoms with Gasteiger partial charge in [0.05, 0.1) is 5.41 Å². The quantitative estimate of drug-likeness (QED) is 0.710. The molecule has 4 nitrogen and oxygen atoms in total. The Balaban J connectivity index is 2.49. The molecule has 0 radical (unpaired) electrons. The van der Waals surface area contributed by atoms with Gasteiger partial charge in [0.25, 0.3) is 0 Å². The first-order valence-electron chi connectivity index (χ1n) is 6.13. The third-order valence-electron chi connectivity index (χ3n) is 3.59. The average molecular weight is 227 g/mol. The van der Waals surface area contributed by atoms with E-state index in [9.17, 15) is 4.79 Å². The Kier molecular flexibility index (Phi) is 4.74. The molecule has 0 spiro atoms. The molecular weight excluding hydrogens is 202 g/mol. The van der Waals surface area contributed by atoms with Crippen LogP contribution < -0.4 is 10.6 Å². The van der Waals surface area contributed by atoms with Gasteiger partial charge in [0.15, 0.2) is 0 Å². The highest BCUT2D eigenvalue weighted by molar-refractivity contribution is 5.83. The molecule has 0 bridgehead atoms. The molecular formula is C12H25N3O. The van der Waals surface area contributed by atoms with Crippen LogP contribution in [0.4, 0.5) is 0 Å². The first-order valence-corrected chi connectivity index (χ1v) is 6.13. The molecule has 0 aromatic carbocycles. The van der Waals surface area contributed by atoms with Crippen molar-refractivity contribution in [1.29, 1.82) is 0 Å². The number of amides is 1. The Morgan fingerprint density at radius 2 is 2.19 bits per heavy atom. The fourth-order valence-corrected chi connectivity index (χ4v) is 2.23. The summed E-state index contributed by atoms with van der Waals surface area (Å²) in [6.45, 7) is 7.68. The minimum atomic E-state index is -0.188. The molecule has 0 saturated carbocycles. The summed E-state index contributed by atoms with van der Waals surface area (Å²) in [4.78, 5) is 14.3. The zero-order valence-corrected chi connectivity index (χ0v) is 11.0. The van der Waals surface area contributed by atoms with Gasteiger partial charge in [0.2, 0.25) is 5.91 Å². The molecule has 4 heteroatoms. The van der Waals surface area contributed by atoms with E-state index in [1.807, 2.05) is 14.1 Å². The molecule has 1 heterocycles. The molecule has 0 aliphatic carbocycles. The maximum absolute atomic E-state index is 12.2. The van der Waals surface area contributed by atoms with Crippen molar-refractivity contribution in [2.45, 2.75) is 20.3 Å². The SMILES string of the molecule is CC(C)C1(C(=O)NCCN(C)C)CCNC1. The van der Waals surface area contributed by atoms with Crippen molar-refractivity contribution in [3.63, 3.8) is 0 Å². The number of nitrogens with one attached hydrogen (secondary N) is 2. The second-order valence-electron chi connectivity index (χ2n) is 5.30. The standard InChI is InChI=1S/C12H25N3O/c1-10(2)12(5-6-13-9-12)11(16)14-7-8-15(3)4/h10,13H,5-9H2,1-4H3,(H,14,16). The fraction of sp³-hybridized carbons (Fsp3) is 0.917. The Morgan fingerprint density at radius 1 is 1.50 bits per heavy atom. The number of nitrogens with zero attached hydrogens (tertiary/aromatic N) is 1. The zero-order valence-electron chi connectivity index (χ0n) is 11.0. The first kappa shape index (κ1) is 13.5. The minimum Gasteiger partial charge on any atom is -0.354 e. The summed E-state index contributed by atoms with van der Waals surface area (Å²) in [6, 6.07) is 0. The summed E-state index contributed by atoms with van der Waals surface area (Å²) in [7, 11) is 4.03. The lowest BCUT2D eigenvalue weighted by atomic mass is 9.75. The van der Waals surface area contributed by atoms with E-state index in [-0.39, 0.29) is 11.3 Å². The fourth-order valence-electron chi connectivity index (χ4n) is 2.23. The van der Waals surface area contributed by atoms with Gasteiger partial charge in [0, 0.05) is 19.6 Å². The number of rotatable bonds is 5. The molecule has 0 aromatic heterocycles. The summed E-state index contributed by atoms with van der Waals surface area (Å²) >= 11 is 0. The van der Waals surface area contributed by atoms with Crippen LogP contribution in [0.25, 0.3) is 0 Å². The van der Waals surface area contributed by atoms with Gasteiger partial charge in [-0.25, -0.2) is 0 Å². The lowest BCUT2D eigenvalue weighted by molar-refractivity contribution is -0.132. The molecule has 2 N–H and O–H groups in total. The van der Waals surface area contributed by atoms with Gasteiger partial charge in [-0.05, 0) is 33.0 Å². The Bertz CT molecular complexity index is 232. The predicted octanol–water partition coefficient (Wildman–Crippen LogP) is 0.300. The van der Waals surface area contributed by atoms with Gasteiger partial charge in [-0.15, -0.1) is 0 Å². The molecule has 94 valence electrons. The van der Waals surface area contributed by atoms with E-state index in [1.165, 1.54) is 0 Å². The molecule has 1 fully saturated rings. The first-order chi connectivity index (χ1) is 7.49. The van der Waals surface area contributed by atoms with Crippen molar-refractivity contribution in [3.05, 3.63) is 0 Å². The van der Waals surface area contributed by atoms with Gasteiger partial charge in [-0.2, -0.15) is 0 Å². The highest BCUT2D eigenvalue weighted by Gasteiger charge is 2.43. The lowest BCUT2D eigenvalue weighted by Gasteiger charge is -2.31. The van der Waals surface area contributed by atoms with Crippen molar-refractivity contribution in [1.82, 2.24) is 15.5 Å². The van der Waals surface area contributed by atoms with Crippen LogP contribution in [0, 0.1) is 11.3 Å². The van der Waals surface area contributed by atoms with Crippen molar-refractivity contribution < 1.29 is 4.79 Å². The molecule has 16 heavy (non-hydrogen) atoms. The largest absolute Gasteiger partial charge is 0.354 e. The Morgan fingerprint density at radius 3 is 2.62 bits per heavy atom. The maximum atomic E-state index is 12.2. The number of carbonyl (C=O) groups excluding carboxylic acids is 1. The number of carbonyl (C=O) groups is 1. The molecule has 1 amide bonds. The van der Waals surface area contributed by atoms with Crippen molar-refractivity contribution in [2.75, 3.05) is 40.3 Å². The Hall–Kier alpha value is -0.610. The second kappa shape index (κ2) is 5.64. The van der Waals surface area contributed by atoms with Crippen molar-refractivity contribution in [3.8, 4) is 0 Å². The number of hydrogen-bond acceptors (Lipinski definition) is 3. The maximum Gasteiger partial charge on any atom is 0.227 e. The van der Waals surface area contributed by atoms with E-state index in [1.54, 1.807) is 0 Å². The number of hydrogen-bond donors (Lipinski definition) is 2. The van der Waals surface area contributed by atoms with Gasteiger partial charge in [-0.1, -0.05) is 13.8 Å². The highest BCUT2D eigenvalue weighted by atomic mass is 16.2. The molecule has 0 aromatic rings. The highest BCUT2D eigenvalue weighted by Crippen LogP contribution is 2.34. The van der Waals surface area contributed by atoms with Crippen LogP contribution in [0.5, 0.6) is 0 Å². The van der Waals surface area contributed by atoms with E-state index >= 15 is 0 Å². The van der Waals surface area contributed by atoms with Gasteiger partial charge < -0.3 is 15.5 Å². The predicted molar refractivity (Wildman–Crippen MR) is 66.3 cm³/mol. The molecule has 1 aliphatic rings. The lowest BCUT2D eigenvalue weighted by Crippen LogP contribution is -2.47. The van der Waals surface area contributed by atoms with Crippen LogP contribution in [0.15, 0.2) is 0 Å². The van der Waals surface area contributed by atoms with Crippen LogP contribution in [0.3, 0.4) is 0 Å². The van der Waals surface area contributed by atoms with Crippen molar-refractivity contribution in [2.24, 2.45) is 11.3 Å². The molecule has 1 aliphatic heterocycles. The Labute approximate surface area is 98.8 Å². The third-order valence-corrected chi connectivity index (χ3v) is 3.59. The summed E-state index contributed by atoms with van der Waals surface area (Å²) < 4.78 is 0. The van der Waals surface area contributed by atoms with E-state index in [4.69, 9.17) is 0 Å². The number of likely N-dealkylation sites (N-methyl/N-ethyl adjacent to an activating group) is 1.